The third-order valence-electron chi connectivity index (χ3n) is 3.86. The van der Waals surface area contributed by atoms with Gasteiger partial charge in [-0.05, 0) is 34.7 Å². The van der Waals surface area contributed by atoms with Gasteiger partial charge in [-0.2, -0.15) is 0 Å². The van der Waals surface area contributed by atoms with Crippen molar-refractivity contribution < 1.29 is 20.4 Å². The quantitative estimate of drug-likeness (QED) is 0.286. The molecule has 25 heavy (non-hydrogen) atoms. The van der Waals surface area contributed by atoms with Crippen molar-refractivity contribution in [3.63, 3.8) is 0 Å². The predicted molar refractivity (Wildman–Crippen MR) is 113 cm³/mol. The zero-order valence-electron chi connectivity index (χ0n) is 13.6. The first-order valence-electron chi connectivity index (χ1n) is 7.73. The monoisotopic (exact) mass is 496 g/mol. The molecular formula is C20H18Cl2P2Pd+2. The second-order valence-corrected chi connectivity index (χ2v) is 9.78. The predicted octanol–water partition coefficient (Wildman–Crippen LogP) is 6.31. The van der Waals surface area contributed by atoms with Crippen molar-refractivity contribution in [1.82, 2.24) is 0 Å². The van der Waals surface area contributed by atoms with Crippen LogP contribution in [0.1, 0.15) is 16.5 Å². The standard InChI is InChI=1S/C20H18Cl2P2.Pd/c1-14-17(12-13-18(21)19(14)22)20(23-15-8-4-2-5-9-15)24-16-10-6-3-7-11-16;/h2-13,20,23-24H,1H3;/q;+2. The molecule has 0 radical (unpaired) electrons. The van der Waals surface area contributed by atoms with Crippen LogP contribution in [0.4, 0.5) is 0 Å². The van der Waals surface area contributed by atoms with Gasteiger partial charge in [0.1, 0.15) is 0 Å². The summed E-state index contributed by atoms with van der Waals surface area (Å²) in [6, 6.07) is 25.4. The Morgan fingerprint density at radius 2 is 1.20 bits per heavy atom. The third-order valence-corrected chi connectivity index (χ3v) is 8.16. The Hall–Kier alpha value is -0.238. The second kappa shape index (κ2) is 10.2. The third kappa shape index (κ3) is 5.62. The van der Waals surface area contributed by atoms with Gasteiger partial charge in [0.25, 0.3) is 0 Å². The summed E-state index contributed by atoms with van der Waals surface area (Å²) < 4.78 is 0. The summed E-state index contributed by atoms with van der Waals surface area (Å²) in [6.07, 6.45) is 0. The van der Waals surface area contributed by atoms with Gasteiger partial charge in [-0.3, -0.25) is 0 Å². The Morgan fingerprint density at radius 3 is 1.68 bits per heavy atom. The summed E-state index contributed by atoms with van der Waals surface area (Å²) >= 11 is 12.6. The molecule has 0 spiro atoms. The van der Waals surface area contributed by atoms with Gasteiger partial charge in [-0.1, -0.05) is 107 Å². The molecule has 130 valence electrons. The number of halogens is 2. The van der Waals surface area contributed by atoms with Crippen LogP contribution in [0.2, 0.25) is 10.0 Å². The molecule has 0 aromatic heterocycles. The summed E-state index contributed by atoms with van der Waals surface area (Å²) in [5.74, 6) is 0. The molecule has 2 atom stereocenters. The zero-order chi connectivity index (χ0) is 16.9. The number of rotatable bonds is 5. The fraction of sp³-hybridized carbons (Fsp3) is 0.100. The molecule has 0 fully saturated rings. The molecule has 0 aliphatic heterocycles. The van der Waals surface area contributed by atoms with Gasteiger partial charge >= 0.3 is 20.4 Å². The topological polar surface area (TPSA) is 0 Å². The maximum Gasteiger partial charge on any atom is 2.00 e. The Labute approximate surface area is 176 Å². The average Bonchev–Trinajstić information content (AvgIpc) is 2.61. The van der Waals surface area contributed by atoms with Crippen molar-refractivity contribution in [2.75, 3.05) is 0 Å². The molecule has 3 aromatic rings. The molecule has 0 amide bonds. The SMILES string of the molecule is Cc1c(C(Pc2ccccc2)Pc2ccccc2)ccc(Cl)c1Cl.[Pd+2]. The fourth-order valence-corrected chi connectivity index (χ4v) is 6.61. The van der Waals surface area contributed by atoms with E-state index in [4.69, 9.17) is 23.2 Å². The van der Waals surface area contributed by atoms with Gasteiger partial charge in [0.2, 0.25) is 0 Å². The largest absolute Gasteiger partial charge is 2.00 e. The summed E-state index contributed by atoms with van der Waals surface area (Å²) in [4.78, 5) is 0. The molecule has 0 heterocycles. The van der Waals surface area contributed by atoms with E-state index in [1.165, 1.54) is 16.2 Å². The average molecular weight is 498 g/mol. The maximum absolute atomic E-state index is 6.41. The van der Waals surface area contributed by atoms with Gasteiger partial charge in [0.05, 0.1) is 10.0 Å². The van der Waals surface area contributed by atoms with E-state index in [1.54, 1.807) is 0 Å². The molecule has 0 saturated heterocycles. The zero-order valence-corrected chi connectivity index (χ0v) is 18.6. The molecule has 5 heteroatoms. The minimum atomic E-state index is 0. The van der Waals surface area contributed by atoms with Crippen molar-refractivity contribution in [2.24, 2.45) is 0 Å². The van der Waals surface area contributed by atoms with E-state index in [2.05, 4.69) is 73.7 Å². The molecule has 0 aliphatic rings. The molecule has 0 bridgehead atoms. The van der Waals surface area contributed by atoms with Crippen LogP contribution in [-0.4, -0.2) is 0 Å². The van der Waals surface area contributed by atoms with Crippen LogP contribution >= 0.6 is 40.4 Å². The number of hydrogen-bond acceptors (Lipinski definition) is 0. The van der Waals surface area contributed by atoms with Crippen molar-refractivity contribution in [3.05, 3.63) is 94.0 Å². The van der Waals surface area contributed by atoms with Crippen LogP contribution in [0.15, 0.2) is 72.8 Å². The van der Waals surface area contributed by atoms with E-state index in [9.17, 15) is 0 Å². The Bertz CT molecular complexity index is 769. The van der Waals surface area contributed by atoms with Gasteiger partial charge in [0, 0.05) is 5.40 Å². The second-order valence-electron chi connectivity index (χ2n) is 5.53. The first-order valence-corrected chi connectivity index (χ1v) is 10.6. The van der Waals surface area contributed by atoms with Crippen molar-refractivity contribution in [1.29, 1.82) is 0 Å². The summed E-state index contributed by atoms with van der Waals surface area (Å²) in [5.41, 5.74) is 2.40. The van der Waals surface area contributed by atoms with E-state index < -0.39 is 0 Å². The van der Waals surface area contributed by atoms with Crippen molar-refractivity contribution >= 4 is 51.0 Å². The maximum atomic E-state index is 6.41. The summed E-state index contributed by atoms with van der Waals surface area (Å²) in [7, 11) is 1.40. The number of benzene rings is 3. The smallest absolute Gasteiger partial charge is 0.0827 e. The molecule has 3 aromatic carbocycles. The molecular weight excluding hydrogens is 479 g/mol. The van der Waals surface area contributed by atoms with Gasteiger partial charge in [-0.25, -0.2) is 0 Å². The van der Waals surface area contributed by atoms with Crippen molar-refractivity contribution in [2.45, 2.75) is 12.3 Å². The van der Waals surface area contributed by atoms with Crippen LogP contribution in [0.25, 0.3) is 0 Å². The minimum absolute atomic E-state index is 0. The van der Waals surface area contributed by atoms with Gasteiger partial charge < -0.3 is 0 Å². The Kier molecular flexibility index (Phi) is 8.59. The van der Waals surface area contributed by atoms with Crippen LogP contribution in [0.3, 0.4) is 0 Å². The van der Waals surface area contributed by atoms with Crippen LogP contribution in [0.5, 0.6) is 0 Å². The number of hydrogen-bond donors (Lipinski definition) is 0. The first-order chi connectivity index (χ1) is 11.6. The van der Waals surface area contributed by atoms with Gasteiger partial charge in [0.15, 0.2) is 0 Å². The van der Waals surface area contributed by atoms with Crippen molar-refractivity contribution in [3.8, 4) is 0 Å². The Balaban J connectivity index is 0.00000225. The van der Waals surface area contributed by atoms with E-state index in [0.717, 1.165) is 5.56 Å². The molecule has 0 aliphatic carbocycles. The first kappa shape index (κ1) is 21.1. The molecule has 0 nitrogen and oxygen atoms in total. The van der Waals surface area contributed by atoms with Gasteiger partial charge in [-0.15, -0.1) is 0 Å². The fourth-order valence-electron chi connectivity index (χ4n) is 2.57. The van der Waals surface area contributed by atoms with E-state index in [-0.39, 0.29) is 20.4 Å². The minimum Gasteiger partial charge on any atom is -0.0827 e. The van der Waals surface area contributed by atoms with E-state index in [1.807, 2.05) is 6.07 Å². The summed E-state index contributed by atoms with van der Waals surface area (Å²) in [5, 5.41) is 4.47. The van der Waals surface area contributed by atoms with Crippen LogP contribution in [0, 0.1) is 6.92 Å². The van der Waals surface area contributed by atoms with Crippen LogP contribution in [-0.2, 0) is 20.4 Å². The van der Waals surface area contributed by atoms with Crippen LogP contribution < -0.4 is 10.6 Å². The molecule has 0 saturated carbocycles. The normalized spacial score (nSPS) is 12.6. The molecule has 3 rings (SSSR count). The van der Waals surface area contributed by atoms with E-state index in [0.29, 0.717) is 32.6 Å². The molecule has 2 unspecified atom stereocenters. The molecule has 0 N–H and O–H groups in total. The Morgan fingerprint density at radius 1 is 0.720 bits per heavy atom. The summed E-state index contributed by atoms with van der Waals surface area (Å²) in [6.45, 7) is 2.07. The van der Waals surface area contributed by atoms with E-state index >= 15 is 0 Å².